The van der Waals surface area contributed by atoms with Gasteiger partial charge in [0, 0.05) is 9.13 Å². The molecule has 6 heteroatoms. The van der Waals surface area contributed by atoms with Crippen molar-refractivity contribution in [2.75, 3.05) is 19.5 Å². The van der Waals surface area contributed by atoms with Crippen molar-refractivity contribution in [1.82, 2.24) is 0 Å². The summed E-state index contributed by atoms with van der Waals surface area (Å²) in [7, 11) is 3.15. The molecule has 0 aliphatic rings. The predicted octanol–water partition coefficient (Wildman–Crippen LogP) is 4.14. The number of carbonyl (C=O) groups excluding carboxylic acids is 1. The lowest BCUT2D eigenvalue weighted by atomic mass is 10.1. The number of halogens is 2. The largest absolute Gasteiger partial charge is 0.497 e. The first-order valence-corrected chi connectivity index (χ1v) is 7.95. The van der Waals surface area contributed by atoms with Gasteiger partial charge in [-0.15, -0.1) is 0 Å². The molecule has 0 radical (unpaired) electrons. The van der Waals surface area contributed by atoms with Crippen LogP contribution in [0.2, 0.25) is 5.02 Å². The van der Waals surface area contributed by atoms with Gasteiger partial charge in [0.15, 0.2) is 0 Å². The van der Waals surface area contributed by atoms with Gasteiger partial charge in [0.2, 0.25) is 5.91 Å². The van der Waals surface area contributed by atoms with E-state index >= 15 is 0 Å². The molecule has 2 rings (SSSR count). The SMILES string of the molecule is COc1ccc(OC)c(CC(=O)Nc2ccc(I)cc2Cl)c1. The first kappa shape index (κ1) is 16.9. The number of hydrogen-bond acceptors (Lipinski definition) is 3. The standard InChI is InChI=1S/C16H15ClINO3/c1-21-12-4-6-15(22-2)10(7-12)8-16(20)19-14-5-3-11(18)9-13(14)17/h3-7,9H,8H2,1-2H3,(H,19,20). The van der Waals surface area contributed by atoms with E-state index in [1.165, 1.54) is 0 Å². The van der Waals surface area contributed by atoms with Crippen LogP contribution in [-0.4, -0.2) is 20.1 Å². The van der Waals surface area contributed by atoms with E-state index in [2.05, 4.69) is 27.9 Å². The molecule has 2 aromatic rings. The Morgan fingerprint density at radius 1 is 1.18 bits per heavy atom. The number of benzene rings is 2. The van der Waals surface area contributed by atoms with Crippen molar-refractivity contribution in [2.24, 2.45) is 0 Å². The number of hydrogen-bond donors (Lipinski definition) is 1. The number of rotatable bonds is 5. The Bertz CT molecular complexity index is 691. The number of carbonyl (C=O) groups is 1. The summed E-state index contributed by atoms with van der Waals surface area (Å²) in [5.74, 6) is 1.15. The topological polar surface area (TPSA) is 47.6 Å². The van der Waals surface area contributed by atoms with Crippen LogP contribution in [0.4, 0.5) is 5.69 Å². The highest BCUT2D eigenvalue weighted by Crippen LogP contribution is 2.26. The number of anilines is 1. The maximum absolute atomic E-state index is 12.2. The summed E-state index contributed by atoms with van der Waals surface area (Å²) < 4.78 is 11.5. The summed E-state index contributed by atoms with van der Waals surface area (Å²) >= 11 is 8.28. The molecule has 0 atom stereocenters. The minimum absolute atomic E-state index is 0.169. The van der Waals surface area contributed by atoms with Crippen LogP contribution < -0.4 is 14.8 Å². The molecule has 0 bridgehead atoms. The van der Waals surface area contributed by atoms with Crippen molar-refractivity contribution in [3.05, 3.63) is 50.6 Å². The fourth-order valence-electron chi connectivity index (χ4n) is 1.98. The van der Waals surface area contributed by atoms with Crippen LogP contribution >= 0.6 is 34.2 Å². The van der Waals surface area contributed by atoms with Gasteiger partial charge >= 0.3 is 0 Å². The summed E-state index contributed by atoms with van der Waals surface area (Å²) in [6.45, 7) is 0. The zero-order valence-corrected chi connectivity index (χ0v) is 15.1. The smallest absolute Gasteiger partial charge is 0.228 e. The van der Waals surface area contributed by atoms with E-state index in [0.717, 1.165) is 9.13 Å². The summed E-state index contributed by atoms with van der Waals surface area (Å²) in [6.07, 6.45) is 0.169. The fourth-order valence-corrected chi connectivity index (χ4v) is 2.88. The van der Waals surface area contributed by atoms with Crippen LogP contribution in [0.5, 0.6) is 11.5 Å². The van der Waals surface area contributed by atoms with Gasteiger partial charge in [-0.1, -0.05) is 11.6 Å². The second kappa shape index (κ2) is 7.69. The lowest BCUT2D eigenvalue weighted by Crippen LogP contribution is -2.15. The summed E-state index contributed by atoms with van der Waals surface area (Å²) in [4.78, 5) is 12.2. The monoisotopic (exact) mass is 431 g/mol. The van der Waals surface area contributed by atoms with Gasteiger partial charge in [0.1, 0.15) is 11.5 Å². The van der Waals surface area contributed by atoms with Gasteiger partial charge in [-0.25, -0.2) is 0 Å². The van der Waals surface area contributed by atoms with E-state index < -0.39 is 0 Å². The third-order valence-electron chi connectivity index (χ3n) is 3.04. The van der Waals surface area contributed by atoms with Gasteiger partial charge in [-0.2, -0.15) is 0 Å². The van der Waals surface area contributed by atoms with E-state index in [1.54, 1.807) is 44.6 Å². The zero-order chi connectivity index (χ0) is 16.1. The third kappa shape index (κ3) is 4.27. The highest BCUT2D eigenvalue weighted by atomic mass is 127. The van der Waals surface area contributed by atoms with Crippen molar-refractivity contribution in [2.45, 2.75) is 6.42 Å². The molecule has 1 N–H and O–H groups in total. The molecule has 0 spiro atoms. The van der Waals surface area contributed by atoms with Crippen LogP contribution in [-0.2, 0) is 11.2 Å². The Kier molecular flexibility index (Phi) is 5.90. The van der Waals surface area contributed by atoms with E-state index in [4.69, 9.17) is 21.1 Å². The average molecular weight is 432 g/mol. The molecule has 116 valence electrons. The lowest BCUT2D eigenvalue weighted by Gasteiger charge is -2.11. The molecule has 0 aliphatic carbocycles. The van der Waals surface area contributed by atoms with Gasteiger partial charge in [0.25, 0.3) is 0 Å². The van der Waals surface area contributed by atoms with E-state index in [0.29, 0.717) is 22.2 Å². The van der Waals surface area contributed by atoms with Gasteiger partial charge in [0.05, 0.1) is 31.4 Å². The Labute approximate surface area is 147 Å². The molecule has 1 amide bonds. The number of nitrogens with one attached hydrogen (secondary N) is 1. The molecule has 0 saturated carbocycles. The molecule has 0 aromatic heterocycles. The van der Waals surface area contributed by atoms with Crippen molar-refractivity contribution in [3.8, 4) is 11.5 Å². The first-order valence-electron chi connectivity index (χ1n) is 6.49. The van der Waals surface area contributed by atoms with Crippen LogP contribution in [0.3, 0.4) is 0 Å². The molecule has 0 saturated heterocycles. The number of methoxy groups -OCH3 is 2. The van der Waals surface area contributed by atoms with Crippen LogP contribution in [0, 0.1) is 3.57 Å². The van der Waals surface area contributed by atoms with Crippen molar-refractivity contribution >= 4 is 45.8 Å². The maximum atomic E-state index is 12.2. The molecular weight excluding hydrogens is 417 g/mol. The molecule has 22 heavy (non-hydrogen) atoms. The average Bonchev–Trinajstić information content (AvgIpc) is 2.50. The number of ether oxygens (including phenoxy) is 2. The molecule has 0 aliphatic heterocycles. The fraction of sp³-hybridized carbons (Fsp3) is 0.188. The van der Waals surface area contributed by atoms with E-state index in [-0.39, 0.29) is 12.3 Å². The first-order chi connectivity index (χ1) is 10.5. The van der Waals surface area contributed by atoms with Crippen LogP contribution in [0.1, 0.15) is 5.56 Å². The summed E-state index contributed by atoms with van der Waals surface area (Å²) in [6, 6.07) is 10.8. The Morgan fingerprint density at radius 3 is 2.59 bits per heavy atom. The van der Waals surface area contributed by atoms with Crippen molar-refractivity contribution in [1.29, 1.82) is 0 Å². The van der Waals surface area contributed by atoms with Crippen molar-refractivity contribution < 1.29 is 14.3 Å². The third-order valence-corrected chi connectivity index (χ3v) is 4.03. The summed E-state index contributed by atoms with van der Waals surface area (Å²) in [5.41, 5.74) is 1.34. The van der Waals surface area contributed by atoms with Gasteiger partial charge in [-0.05, 0) is 59.0 Å². The molecule has 4 nitrogen and oxygen atoms in total. The predicted molar refractivity (Wildman–Crippen MR) is 96.0 cm³/mol. The highest BCUT2D eigenvalue weighted by molar-refractivity contribution is 14.1. The van der Waals surface area contributed by atoms with Crippen molar-refractivity contribution in [3.63, 3.8) is 0 Å². The zero-order valence-electron chi connectivity index (χ0n) is 12.2. The quantitative estimate of drug-likeness (QED) is 0.724. The molecule has 0 fully saturated rings. The summed E-state index contributed by atoms with van der Waals surface area (Å²) in [5, 5.41) is 3.32. The molecule has 2 aromatic carbocycles. The Balaban J connectivity index is 2.14. The highest BCUT2D eigenvalue weighted by Gasteiger charge is 2.12. The number of amides is 1. The van der Waals surface area contributed by atoms with E-state index in [9.17, 15) is 4.79 Å². The van der Waals surface area contributed by atoms with Gasteiger partial charge < -0.3 is 14.8 Å². The molecule has 0 unspecified atom stereocenters. The Morgan fingerprint density at radius 2 is 1.95 bits per heavy atom. The normalized spacial score (nSPS) is 10.2. The Hall–Kier alpha value is -1.47. The second-order valence-electron chi connectivity index (χ2n) is 4.53. The minimum atomic E-state index is -0.172. The minimum Gasteiger partial charge on any atom is -0.497 e. The van der Waals surface area contributed by atoms with Crippen LogP contribution in [0.25, 0.3) is 0 Å². The van der Waals surface area contributed by atoms with Gasteiger partial charge in [-0.3, -0.25) is 4.79 Å². The molecule has 0 heterocycles. The van der Waals surface area contributed by atoms with Crippen LogP contribution in [0.15, 0.2) is 36.4 Å². The van der Waals surface area contributed by atoms with E-state index in [1.807, 2.05) is 6.07 Å². The maximum Gasteiger partial charge on any atom is 0.228 e. The second-order valence-corrected chi connectivity index (χ2v) is 6.18. The molecular formula is C16H15ClINO3. The lowest BCUT2D eigenvalue weighted by molar-refractivity contribution is -0.115.